The van der Waals surface area contributed by atoms with E-state index in [0.717, 1.165) is 18.7 Å². The molecule has 0 aromatic carbocycles. The second-order valence-electron chi connectivity index (χ2n) is 4.60. The summed E-state index contributed by atoms with van der Waals surface area (Å²) in [4.78, 5) is 27.9. The van der Waals surface area contributed by atoms with Crippen molar-refractivity contribution in [1.29, 1.82) is 0 Å². The van der Waals surface area contributed by atoms with Crippen LogP contribution in [0.5, 0.6) is 0 Å². The van der Waals surface area contributed by atoms with Gasteiger partial charge in [-0.1, -0.05) is 6.92 Å². The summed E-state index contributed by atoms with van der Waals surface area (Å²) in [7, 11) is 1.62. The minimum absolute atomic E-state index is 0.175. The number of rotatable bonds is 5. The van der Waals surface area contributed by atoms with Gasteiger partial charge in [0.2, 0.25) is 0 Å². The summed E-state index contributed by atoms with van der Waals surface area (Å²) in [5.41, 5.74) is 0.960. The minimum atomic E-state index is -0.341. The summed E-state index contributed by atoms with van der Waals surface area (Å²) in [6.45, 7) is 3.13. The molecule has 0 saturated carbocycles. The van der Waals surface area contributed by atoms with Crippen LogP contribution in [0.3, 0.4) is 0 Å². The summed E-state index contributed by atoms with van der Waals surface area (Å²) in [6, 6.07) is 5.10. The second-order valence-corrected chi connectivity index (χ2v) is 4.60. The van der Waals surface area contributed by atoms with Crippen molar-refractivity contribution in [1.82, 2.24) is 14.1 Å². The molecule has 1 N–H and O–H groups in total. The molecular formula is C14H18N4O2. The summed E-state index contributed by atoms with van der Waals surface area (Å²) < 4.78 is 2.55. The third kappa shape index (κ3) is 3.14. The first-order valence-electron chi connectivity index (χ1n) is 6.57. The maximum absolute atomic E-state index is 11.9. The first-order chi connectivity index (χ1) is 9.61. The van der Waals surface area contributed by atoms with Gasteiger partial charge in [-0.05, 0) is 18.6 Å². The highest BCUT2D eigenvalue weighted by Gasteiger charge is 2.05. The first-order valence-corrected chi connectivity index (χ1v) is 6.57. The van der Waals surface area contributed by atoms with Crippen LogP contribution in [0, 0.1) is 0 Å². The molecule has 20 heavy (non-hydrogen) atoms. The lowest BCUT2D eigenvalue weighted by molar-refractivity contribution is 0.631. The molecule has 106 valence electrons. The van der Waals surface area contributed by atoms with E-state index >= 15 is 0 Å². The highest BCUT2D eigenvalue weighted by atomic mass is 16.2. The van der Waals surface area contributed by atoms with Gasteiger partial charge in [0, 0.05) is 37.7 Å². The van der Waals surface area contributed by atoms with Crippen molar-refractivity contribution in [3.05, 3.63) is 57.1 Å². The van der Waals surface area contributed by atoms with E-state index in [4.69, 9.17) is 0 Å². The van der Waals surface area contributed by atoms with Gasteiger partial charge < -0.3 is 9.88 Å². The Morgan fingerprint density at radius 1 is 1.30 bits per heavy atom. The number of nitrogens with one attached hydrogen (secondary N) is 1. The van der Waals surface area contributed by atoms with Crippen molar-refractivity contribution in [2.24, 2.45) is 7.05 Å². The average Bonchev–Trinajstić information content (AvgIpc) is 2.46. The quantitative estimate of drug-likeness (QED) is 0.876. The Bertz CT molecular complexity index is 703. The molecule has 0 unspecified atom stereocenters. The van der Waals surface area contributed by atoms with Gasteiger partial charge in [0.25, 0.3) is 5.56 Å². The molecule has 0 saturated heterocycles. The number of hydrogen-bond donors (Lipinski definition) is 1. The summed E-state index contributed by atoms with van der Waals surface area (Å²) in [5.74, 6) is 0. The van der Waals surface area contributed by atoms with E-state index in [0.29, 0.717) is 5.69 Å². The van der Waals surface area contributed by atoms with Crippen LogP contribution in [0.15, 0.2) is 40.2 Å². The van der Waals surface area contributed by atoms with Crippen molar-refractivity contribution in [2.45, 2.75) is 19.9 Å². The Hall–Kier alpha value is -2.37. The topological polar surface area (TPSA) is 68.9 Å². The number of aromatic nitrogens is 3. The van der Waals surface area contributed by atoms with Crippen LogP contribution in [0.1, 0.15) is 19.0 Å². The third-order valence-electron chi connectivity index (χ3n) is 2.96. The fraction of sp³-hybridized carbons (Fsp3) is 0.357. The van der Waals surface area contributed by atoms with E-state index in [-0.39, 0.29) is 17.8 Å². The van der Waals surface area contributed by atoms with Gasteiger partial charge in [-0.2, -0.15) is 0 Å². The van der Waals surface area contributed by atoms with Crippen molar-refractivity contribution in [3.63, 3.8) is 0 Å². The lowest BCUT2D eigenvalue weighted by Gasteiger charge is -2.08. The molecule has 6 heteroatoms. The molecular weight excluding hydrogens is 256 g/mol. The highest BCUT2D eigenvalue weighted by Crippen LogP contribution is 2.08. The zero-order valence-electron chi connectivity index (χ0n) is 11.7. The highest BCUT2D eigenvalue weighted by molar-refractivity contribution is 5.43. The molecule has 0 aliphatic heterocycles. The number of nitrogens with zero attached hydrogens (tertiary/aromatic N) is 3. The van der Waals surface area contributed by atoms with Crippen molar-refractivity contribution in [2.75, 3.05) is 11.9 Å². The smallest absolute Gasteiger partial charge is 0.331 e. The van der Waals surface area contributed by atoms with Gasteiger partial charge in [0.05, 0.1) is 12.2 Å². The Balaban J connectivity index is 2.29. The van der Waals surface area contributed by atoms with Crippen LogP contribution < -0.4 is 16.6 Å². The van der Waals surface area contributed by atoms with Gasteiger partial charge in [0.1, 0.15) is 0 Å². The van der Waals surface area contributed by atoms with E-state index < -0.39 is 0 Å². The Labute approximate surface area is 116 Å². The number of pyridine rings is 1. The molecule has 2 aromatic rings. The van der Waals surface area contributed by atoms with E-state index in [1.807, 2.05) is 12.1 Å². The summed E-state index contributed by atoms with van der Waals surface area (Å²) >= 11 is 0. The molecule has 0 aliphatic carbocycles. The molecule has 6 nitrogen and oxygen atoms in total. The van der Waals surface area contributed by atoms with Gasteiger partial charge >= 0.3 is 5.69 Å². The maximum Gasteiger partial charge on any atom is 0.331 e. The third-order valence-corrected chi connectivity index (χ3v) is 2.96. The monoisotopic (exact) mass is 274 g/mol. The number of aryl methyl sites for hydroxylation is 1. The van der Waals surface area contributed by atoms with E-state index in [9.17, 15) is 9.59 Å². The Morgan fingerprint density at radius 3 is 2.85 bits per heavy atom. The molecule has 0 amide bonds. The number of hydrogen-bond acceptors (Lipinski definition) is 4. The predicted molar refractivity (Wildman–Crippen MR) is 78.1 cm³/mol. The van der Waals surface area contributed by atoms with Crippen molar-refractivity contribution < 1.29 is 0 Å². The Kier molecular flexibility index (Phi) is 4.34. The molecule has 0 fully saturated rings. The number of anilines is 1. The SMILES string of the molecule is CCCNc1ccnc(Cn2c(=O)ccn(C)c2=O)c1. The van der Waals surface area contributed by atoms with Crippen molar-refractivity contribution >= 4 is 5.69 Å². The molecule has 0 spiro atoms. The average molecular weight is 274 g/mol. The zero-order valence-corrected chi connectivity index (χ0v) is 11.7. The molecule has 0 aliphatic rings. The largest absolute Gasteiger partial charge is 0.385 e. The summed E-state index contributed by atoms with van der Waals surface area (Å²) in [5, 5.41) is 3.25. The van der Waals surface area contributed by atoms with Gasteiger partial charge in [-0.15, -0.1) is 0 Å². The van der Waals surface area contributed by atoms with E-state index in [1.54, 1.807) is 13.2 Å². The van der Waals surface area contributed by atoms with E-state index in [2.05, 4.69) is 17.2 Å². The van der Waals surface area contributed by atoms with Crippen LogP contribution in [0.4, 0.5) is 5.69 Å². The predicted octanol–water partition coefficient (Wildman–Crippen LogP) is 0.812. The fourth-order valence-electron chi connectivity index (χ4n) is 1.87. The van der Waals surface area contributed by atoms with Crippen LogP contribution in [-0.2, 0) is 13.6 Å². The molecule has 0 radical (unpaired) electrons. The van der Waals surface area contributed by atoms with Crippen LogP contribution in [0.2, 0.25) is 0 Å². The van der Waals surface area contributed by atoms with Crippen molar-refractivity contribution in [3.8, 4) is 0 Å². The zero-order chi connectivity index (χ0) is 14.5. The van der Waals surface area contributed by atoms with Crippen LogP contribution >= 0.6 is 0 Å². The maximum atomic E-state index is 11.9. The normalized spacial score (nSPS) is 10.5. The standard InChI is InChI=1S/C14H18N4O2/c1-3-6-15-11-4-7-16-12(9-11)10-18-13(19)5-8-17(2)14(18)20/h4-5,7-9H,3,6,10H2,1-2H3,(H,15,16). The molecule has 2 rings (SSSR count). The Morgan fingerprint density at radius 2 is 2.10 bits per heavy atom. The minimum Gasteiger partial charge on any atom is -0.385 e. The fourth-order valence-corrected chi connectivity index (χ4v) is 1.87. The van der Waals surface area contributed by atoms with Gasteiger partial charge in [-0.3, -0.25) is 14.3 Å². The molecule has 2 aromatic heterocycles. The second kappa shape index (κ2) is 6.18. The summed E-state index contributed by atoms with van der Waals surface area (Å²) in [6.07, 6.45) is 4.16. The molecule has 2 heterocycles. The van der Waals surface area contributed by atoms with Crippen LogP contribution in [-0.4, -0.2) is 20.7 Å². The molecule has 0 bridgehead atoms. The first kappa shape index (κ1) is 14.0. The van der Waals surface area contributed by atoms with Gasteiger partial charge in [0.15, 0.2) is 0 Å². The van der Waals surface area contributed by atoms with E-state index in [1.165, 1.54) is 21.4 Å². The lowest BCUT2D eigenvalue weighted by Crippen LogP contribution is -2.38. The van der Waals surface area contributed by atoms with Crippen LogP contribution in [0.25, 0.3) is 0 Å². The lowest BCUT2D eigenvalue weighted by atomic mass is 10.3. The van der Waals surface area contributed by atoms with Gasteiger partial charge in [-0.25, -0.2) is 4.79 Å². The molecule has 0 atom stereocenters.